The molecule has 152 valence electrons. The predicted molar refractivity (Wildman–Crippen MR) is 116 cm³/mol. The summed E-state index contributed by atoms with van der Waals surface area (Å²) >= 11 is 6.33. The van der Waals surface area contributed by atoms with Gasteiger partial charge in [-0.05, 0) is 41.5 Å². The quantitative estimate of drug-likeness (QED) is 0.447. The van der Waals surface area contributed by atoms with Gasteiger partial charge in [0.15, 0.2) is 0 Å². The van der Waals surface area contributed by atoms with Gasteiger partial charge in [-0.2, -0.15) is 10.1 Å². The van der Waals surface area contributed by atoms with Gasteiger partial charge in [0, 0.05) is 16.2 Å². The number of hydrogen-bond donors (Lipinski definition) is 1. The van der Waals surface area contributed by atoms with E-state index in [0.29, 0.717) is 16.7 Å². The van der Waals surface area contributed by atoms with Crippen molar-refractivity contribution in [2.24, 2.45) is 0 Å². The first kappa shape index (κ1) is 18.2. The van der Waals surface area contributed by atoms with E-state index in [-0.39, 0.29) is 11.9 Å². The minimum absolute atomic E-state index is 0.253. The maximum Gasteiger partial charge on any atom is 0.226 e. The third-order valence-electron chi connectivity index (χ3n) is 5.66. The number of halogens is 2. The Morgan fingerprint density at radius 3 is 2.58 bits per heavy atom. The van der Waals surface area contributed by atoms with Crippen LogP contribution in [0.1, 0.15) is 28.8 Å². The summed E-state index contributed by atoms with van der Waals surface area (Å²) in [5.74, 6) is 1.05. The van der Waals surface area contributed by atoms with Crippen LogP contribution in [0.5, 0.6) is 5.75 Å². The fourth-order valence-electron chi connectivity index (χ4n) is 4.31. The average Bonchev–Trinajstić information content (AvgIpc) is 3.27. The minimum Gasteiger partial charge on any atom is -0.480 e. The van der Waals surface area contributed by atoms with Crippen molar-refractivity contribution in [2.75, 3.05) is 5.32 Å². The average molecular weight is 431 g/mol. The molecule has 5 nitrogen and oxygen atoms in total. The highest BCUT2D eigenvalue weighted by Gasteiger charge is 2.40. The van der Waals surface area contributed by atoms with E-state index in [4.69, 9.17) is 16.3 Å². The lowest BCUT2D eigenvalue weighted by Crippen LogP contribution is -2.32. The molecule has 31 heavy (non-hydrogen) atoms. The van der Waals surface area contributed by atoms with Gasteiger partial charge in [-0.25, -0.2) is 9.07 Å². The van der Waals surface area contributed by atoms with Gasteiger partial charge in [-0.15, -0.1) is 0 Å². The molecule has 0 fully saturated rings. The summed E-state index contributed by atoms with van der Waals surface area (Å²) in [7, 11) is 0. The first-order chi connectivity index (χ1) is 15.2. The van der Waals surface area contributed by atoms with Gasteiger partial charge in [-0.1, -0.05) is 54.1 Å². The van der Waals surface area contributed by atoms with Gasteiger partial charge in [0.05, 0.1) is 5.70 Å². The van der Waals surface area contributed by atoms with E-state index in [2.05, 4.69) is 27.5 Å². The molecule has 0 amide bonds. The Bertz CT molecular complexity index is 1320. The number of hydrogen-bond acceptors (Lipinski definition) is 4. The molecule has 0 bridgehead atoms. The normalized spacial score (nSPS) is 19.0. The molecule has 7 heteroatoms. The van der Waals surface area contributed by atoms with Gasteiger partial charge in [0.1, 0.15) is 30.0 Å². The fraction of sp³-hybridized carbons (Fsp3) is 0.0833. The monoisotopic (exact) mass is 430 g/mol. The van der Waals surface area contributed by atoms with Crippen LogP contribution in [-0.2, 0) is 0 Å². The van der Waals surface area contributed by atoms with E-state index in [9.17, 15) is 4.39 Å². The fourth-order valence-corrected chi connectivity index (χ4v) is 4.48. The van der Waals surface area contributed by atoms with Crippen LogP contribution in [0.15, 0.2) is 84.7 Å². The SMILES string of the molecule is Fc1ccc([C@H]2Oc3ccc(Cl)cc3C3=C2[C@@H](c2ccccc2)n2ncnc2N3)cc1. The lowest BCUT2D eigenvalue weighted by molar-refractivity contribution is 0.223. The van der Waals surface area contributed by atoms with Gasteiger partial charge in [0.2, 0.25) is 5.95 Å². The van der Waals surface area contributed by atoms with Crippen LogP contribution in [0.3, 0.4) is 0 Å². The van der Waals surface area contributed by atoms with E-state index in [1.807, 2.05) is 35.0 Å². The van der Waals surface area contributed by atoms with Gasteiger partial charge < -0.3 is 10.1 Å². The maximum absolute atomic E-state index is 13.7. The van der Waals surface area contributed by atoms with Crippen molar-refractivity contribution >= 4 is 23.2 Å². The number of rotatable bonds is 2. The standard InChI is InChI=1S/C24H16ClFN4O/c25-16-8-11-19-18(12-16)21-20(23(31-19)15-6-9-17(26)10-7-15)22(14-4-2-1-3-5-14)30-24(29-21)27-13-28-30/h1-13,22-23H,(H,27,28,29)/t22-,23-/m1/s1. The van der Waals surface area contributed by atoms with Crippen LogP contribution >= 0.6 is 11.6 Å². The van der Waals surface area contributed by atoms with Crippen molar-refractivity contribution in [1.82, 2.24) is 14.8 Å². The molecule has 3 aromatic carbocycles. The Morgan fingerprint density at radius 1 is 0.968 bits per heavy atom. The number of anilines is 1. The summed E-state index contributed by atoms with van der Waals surface area (Å²) in [5, 5.41) is 8.53. The molecule has 2 aliphatic rings. The summed E-state index contributed by atoms with van der Waals surface area (Å²) < 4.78 is 22.0. The molecular weight excluding hydrogens is 415 g/mol. The Morgan fingerprint density at radius 2 is 1.77 bits per heavy atom. The van der Waals surface area contributed by atoms with Crippen LogP contribution in [0.4, 0.5) is 10.3 Å². The minimum atomic E-state index is -0.445. The van der Waals surface area contributed by atoms with Crippen molar-refractivity contribution in [3.8, 4) is 5.75 Å². The molecule has 6 rings (SSSR count). The lowest BCUT2D eigenvalue weighted by atomic mass is 9.84. The molecule has 0 saturated carbocycles. The summed E-state index contributed by atoms with van der Waals surface area (Å²) in [5.41, 5.74) is 4.60. The van der Waals surface area contributed by atoms with Crippen LogP contribution < -0.4 is 10.1 Å². The topological polar surface area (TPSA) is 52.0 Å². The number of ether oxygens (including phenoxy) is 1. The van der Waals surface area contributed by atoms with Crippen molar-refractivity contribution in [2.45, 2.75) is 12.1 Å². The smallest absolute Gasteiger partial charge is 0.226 e. The van der Waals surface area contributed by atoms with Gasteiger partial charge in [-0.3, -0.25) is 0 Å². The molecule has 3 heterocycles. The molecule has 2 atom stereocenters. The van der Waals surface area contributed by atoms with Crippen molar-refractivity contribution in [3.05, 3.63) is 112 Å². The van der Waals surface area contributed by atoms with Crippen LogP contribution in [-0.4, -0.2) is 14.8 Å². The van der Waals surface area contributed by atoms with E-state index < -0.39 is 6.10 Å². The third kappa shape index (κ3) is 2.91. The summed E-state index contributed by atoms with van der Waals surface area (Å²) in [6.45, 7) is 0. The second-order valence-corrected chi connectivity index (χ2v) is 7.92. The number of nitrogens with zero attached hydrogens (tertiary/aromatic N) is 3. The highest BCUT2D eigenvalue weighted by atomic mass is 35.5. The summed E-state index contributed by atoms with van der Waals surface area (Å²) in [6.07, 6.45) is 1.09. The number of nitrogens with one attached hydrogen (secondary N) is 1. The van der Waals surface area contributed by atoms with E-state index in [0.717, 1.165) is 28.0 Å². The Hall–Kier alpha value is -3.64. The molecule has 2 aliphatic heterocycles. The number of benzene rings is 3. The van der Waals surface area contributed by atoms with Crippen LogP contribution in [0, 0.1) is 5.82 Å². The highest BCUT2D eigenvalue weighted by molar-refractivity contribution is 6.30. The summed E-state index contributed by atoms with van der Waals surface area (Å²) in [4.78, 5) is 4.41. The molecule has 4 aromatic rings. The van der Waals surface area contributed by atoms with Crippen molar-refractivity contribution in [1.29, 1.82) is 0 Å². The predicted octanol–water partition coefficient (Wildman–Crippen LogP) is 5.63. The van der Waals surface area contributed by atoms with E-state index >= 15 is 0 Å². The van der Waals surface area contributed by atoms with E-state index in [1.165, 1.54) is 18.5 Å². The number of fused-ring (bicyclic) bond motifs is 3. The van der Waals surface area contributed by atoms with Crippen molar-refractivity contribution in [3.63, 3.8) is 0 Å². The van der Waals surface area contributed by atoms with Crippen molar-refractivity contribution < 1.29 is 9.13 Å². The molecule has 0 unspecified atom stereocenters. The Labute approximate surface area is 182 Å². The lowest BCUT2D eigenvalue weighted by Gasteiger charge is -2.39. The number of aromatic nitrogens is 3. The van der Waals surface area contributed by atoms with Crippen LogP contribution in [0.25, 0.3) is 5.70 Å². The van der Waals surface area contributed by atoms with Gasteiger partial charge in [0.25, 0.3) is 0 Å². The zero-order valence-electron chi connectivity index (χ0n) is 16.2. The second-order valence-electron chi connectivity index (χ2n) is 7.49. The molecule has 1 aromatic heterocycles. The van der Waals surface area contributed by atoms with E-state index in [1.54, 1.807) is 18.2 Å². The highest BCUT2D eigenvalue weighted by Crippen LogP contribution is 2.50. The molecule has 1 N–H and O–H groups in total. The maximum atomic E-state index is 13.7. The zero-order valence-corrected chi connectivity index (χ0v) is 16.9. The Balaban J connectivity index is 1.64. The second kappa shape index (κ2) is 6.96. The molecule has 0 radical (unpaired) electrons. The van der Waals surface area contributed by atoms with Gasteiger partial charge >= 0.3 is 0 Å². The molecule has 0 saturated heterocycles. The van der Waals surface area contributed by atoms with Crippen LogP contribution in [0.2, 0.25) is 5.02 Å². The molecular formula is C24H16ClFN4O. The first-order valence-electron chi connectivity index (χ1n) is 9.86. The first-order valence-corrected chi connectivity index (χ1v) is 10.2. The zero-order chi connectivity index (χ0) is 20.9. The largest absolute Gasteiger partial charge is 0.480 e. The Kier molecular flexibility index (Phi) is 4.07. The molecule has 0 spiro atoms. The summed E-state index contributed by atoms with van der Waals surface area (Å²) in [6, 6.07) is 21.8. The third-order valence-corrected chi connectivity index (χ3v) is 5.90. The molecule has 0 aliphatic carbocycles.